The Morgan fingerprint density at radius 2 is 2.00 bits per heavy atom. The van der Waals surface area contributed by atoms with Crippen molar-refractivity contribution in [2.24, 2.45) is 0 Å². The summed E-state index contributed by atoms with van der Waals surface area (Å²) in [5, 5.41) is 15.8. The van der Waals surface area contributed by atoms with E-state index in [1.54, 1.807) is 0 Å². The molecule has 0 bridgehead atoms. The predicted molar refractivity (Wildman–Crippen MR) is 72.2 cm³/mol. The highest BCUT2D eigenvalue weighted by molar-refractivity contribution is 5.76. The molecule has 1 aromatic rings. The average molecular weight is 250 g/mol. The van der Waals surface area contributed by atoms with Crippen molar-refractivity contribution in [2.75, 3.05) is 13.1 Å². The normalized spacial score (nSPS) is 13.9. The molecular weight excluding hydrogens is 228 g/mol. The summed E-state index contributed by atoms with van der Waals surface area (Å²) in [5.41, 5.74) is 0.817. The minimum absolute atomic E-state index is 0.0431. The number of nitrogens with one attached hydrogen (secondary N) is 2. The Bertz CT molecular complexity index is 354. The lowest BCUT2D eigenvalue weighted by Gasteiger charge is -2.14. The molecule has 0 aromatic heterocycles. The lowest BCUT2D eigenvalue weighted by Crippen LogP contribution is -2.35. The van der Waals surface area contributed by atoms with Crippen LogP contribution in [0.1, 0.15) is 31.9 Å². The van der Waals surface area contributed by atoms with Crippen LogP contribution in [0.15, 0.2) is 30.3 Å². The molecule has 0 fully saturated rings. The van der Waals surface area contributed by atoms with Gasteiger partial charge >= 0.3 is 0 Å². The van der Waals surface area contributed by atoms with E-state index in [9.17, 15) is 9.90 Å². The summed E-state index contributed by atoms with van der Waals surface area (Å²) < 4.78 is 0. The highest BCUT2D eigenvalue weighted by atomic mass is 16.3. The summed E-state index contributed by atoms with van der Waals surface area (Å²) in [5.74, 6) is -0.0431. The quantitative estimate of drug-likeness (QED) is 0.682. The van der Waals surface area contributed by atoms with E-state index in [1.807, 2.05) is 44.2 Å². The van der Waals surface area contributed by atoms with Crippen molar-refractivity contribution in [1.82, 2.24) is 10.6 Å². The number of carbonyl (C=O) groups excluding carboxylic acids is 1. The van der Waals surface area contributed by atoms with E-state index in [1.165, 1.54) is 0 Å². The first-order valence-electron chi connectivity index (χ1n) is 6.36. The number of benzene rings is 1. The van der Waals surface area contributed by atoms with Gasteiger partial charge in [0.05, 0.1) is 6.10 Å². The van der Waals surface area contributed by atoms with Gasteiger partial charge in [-0.1, -0.05) is 37.3 Å². The highest BCUT2D eigenvalue weighted by Crippen LogP contribution is 2.10. The number of amides is 1. The smallest absolute Gasteiger partial charge is 0.221 e. The monoisotopic (exact) mass is 250 g/mol. The SMILES string of the molecule is CCNC(C)CC(=O)NCC(O)c1ccccc1. The van der Waals surface area contributed by atoms with Crippen LogP contribution in [0.5, 0.6) is 0 Å². The van der Waals surface area contributed by atoms with Gasteiger partial charge in [-0.3, -0.25) is 4.79 Å². The minimum atomic E-state index is -0.649. The topological polar surface area (TPSA) is 61.4 Å². The maximum absolute atomic E-state index is 11.6. The summed E-state index contributed by atoms with van der Waals surface area (Å²) in [6, 6.07) is 9.48. The molecule has 0 radical (unpaired) electrons. The predicted octanol–water partition coefficient (Wildman–Crippen LogP) is 1.22. The zero-order valence-electron chi connectivity index (χ0n) is 11.0. The molecule has 3 N–H and O–H groups in total. The van der Waals surface area contributed by atoms with Gasteiger partial charge in [0.2, 0.25) is 5.91 Å². The minimum Gasteiger partial charge on any atom is -0.387 e. The maximum Gasteiger partial charge on any atom is 0.221 e. The van der Waals surface area contributed by atoms with Crippen molar-refractivity contribution in [2.45, 2.75) is 32.4 Å². The van der Waals surface area contributed by atoms with Crippen molar-refractivity contribution in [1.29, 1.82) is 0 Å². The molecule has 1 amide bonds. The Morgan fingerprint density at radius 3 is 2.61 bits per heavy atom. The second kappa shape index (κ2) is 7.84. The Labute approximate surface area is 108 Å². The van der Waals surface area contributed by atoms with E-state index in [2.05, 4.69) is 10.6 Å². The van der Waals surface area contributed by atoms with Gasteiger partial charge in [-0.2, -0.15) is 0 Å². The Kier molecular flexibility index (Phi) is 6.39. The van der Waals surface area contributed by atoms with Crippen LogP contribution >= 0.6 is 0 Å². The van der Waals surface area contributed by atoms with Crippen LogP contribution in [0.3, 0.4) is 0 Å². The Morgan fingerprint density at radius 1 is 1.33 bits per heavy atom. The molecule has 1 aromatic carbocycles. The largest absolute Gasteiger partial charge is 0.387 e. The van der Waals surface area contributed by atoms with Gasteiger partial charge in [0.15, 0.2) is 0 Å². The average Bonchev–Trinajstić information content (AvgIpc) is 2.37. The third kappa shape index (κ3) is 5.29. The van der Waals surface area contributed by atoms with Crippen LogP contribution in [-0.2, 0) is 4.79 Å². The van der Waals surface area contributed by atoms with Crippen LogP contribution in [0.4, 0.5) is 0 Å². The van der Waals surface area contributed by atoms with E-state index >= 15 is 0 Å². The maximum atomic E-state index is 11.6. The molecule has 0 aliphatic rings. The van der Waals surface area contributed by atoms with Gasteiger partial charge in [-0.05, 0) is 19.0 Å². The summed E-state index contributed by atoms with van der Waals surface area (Å²) in [7, 11) is 0. The third-order valence-corrected chi connectivity index (χ3v) is 2.72. The van der Waals surface area contributed by atoms with Crippen LogP contribution in [0, 0.1) is 0 Å². The van der Waals surface area contributed by atoms with E-state index in [0.717, 1.165) is 12.1 Å². The molecule has 2 atom stereocenters. The number of aliphatic hydroxyl groups is 1. The van der Waals surface area contributed by atoms with Crippen LogP contribution in [-0.4, -0.2) is 30.1 Å². The van der Waals surface area contributed by atoms with Crippen molar-refractivity contribution >= 4 is 5.91 Å². The highest BCUT2D eigenvalue weighted by Gasteiger charge is 2.11. The van der Waals surface area contributed by atoms with E-state index in [4.69, 9.17) is 0 Å². The fourth-order valence-corrected chi connectivity index (χ4v) is 1.77. The van der Waals surface area contributed by atoms with Crippen LogP contribution in [0.25, 0.3) is 0 Å². The summed E-state index contributed by atoms with van der Waals surface area (Å²) in [6.45, 7) is 5.08. The molecule has 0 saturated carbocycles. The summed E-state index contributed by atoms with van der Waals surface area (Å²) in [4.78, 5) is 11.6. The molecule has 4 nitrogen and oxygen atoms in total. The molecule has 0 heterocycles. The Balaban J connectivity index is 2.30. The Hall–Kier alpha value is -1.39. The lowest BCUT2D eigenvalue weighted by atomic mass is 10.1. The number of hydrogen-bond donors (Lipinski definition) is 3. The molecule has 18 heavy (non-hydrogen) atoms. The number of hydrogen-bond acceptors (Lipinski definition) is 3. The van der Waals surface area contributed by atoms with Crippen molar-refractivity contribution in [3.63, 3.8) is 0 Å². The zero-order chi connectivity index (χ0) is 13.4. The lowest BCUT2D eigenvalue weighted by molar-refractivity contribution is -0.122. The molecule has 1 rings (SSSR count). The molecule has 0 saturated heterocycles. The zero-order valence-corrected chi connectivity index (χ0v) is 11.0. The molecule has 0 spiro atoms. The second-order valence-corrected chi connectivity index (χ2v) is 4.39. The van der Waals surface area contributed by atoms with E-state index < -0.39 is 6.10 Å². The van der Waals surface area contributed by atoms with Crippen molar-refractivity contribution in [3.8, 4) is 0 Å². The first-order chi connectivity index (χ1) is 8.63. The van der Waals surface area contributed by atoms with Crippen LogP contribution in [0.2, 0.25) is 0 Å². The fraction of sp³-hybridized carbons (Fsp3) is 0.500. The third-order valence-electron chi connectivity index (χ3n) is 2.72. The van der Waals surface area contributed by atoms with E-state index in [0.29, 0.717) is 6.42 Å². The first-order valence-corrected chi connectivity index (χ1v) is 6.36. The molecule has 4 heteroatoms. The van der Waals surface area contributed by atoms with Crippen LogP contribution < -0.4 is 10.6 Å². The van der Waals surface area contributed by atoms with E-state index in [-0.39, 0.29) is 18.5 Å². The fourth-order valence-electron chi connectivity index (χ4n) is 1.77. The standard InChI is InChI=1S/C14H22N2O2/c1-3-15-11(2)9-14(18)16-10-13(17)12-7-5-4-6-8-12/h4-8,11,13,15,17H,3,9-10H2,1-2H3,(H,16,18). The number of carbonyl (C=O) groups is 1. The molecule has 0 aliphatic carbocycles. The van der Waals surface area contributed by atoms with Gasteiger partial charge in [-0.25, -0.2) is 0 Å². The van der Waals surface area contributed by atoms with Gasteiger partial charge in [0.1, 0.15) is 0 Å². The van der Waals surface area contributed by atoms with Gasteiger partial charge in [0, 0.05) is 19.0 Å². The molecule has 2 unspecified atom stereocenters. The van der Waals surface area contributed by atoms with Gasteiger partial charge < -0.3 is 15.7 Å². The summed E-state index contributed by atoms with van der Waals surface area (Å²) in [6.07, 6.45) is -0.223. The number of aliphatic hydroxyl groups excluding tert-OH is 1. The van der Waals surface area contributed by atoms with Gasteiger partial charge in [-0.15, -0.1) is 0 Å². The van der Waals surface area contributed by atoms with Crippen molar-refractivity contribution in [3.05, 3.63) is 35.9 Å². The molecule has 0 aliphatic heterocycles. The van der Waals surface area contributed by atoms with Gasteiger partial charge in [0.25, 0.3) is 0 Å². The van der Waals surface area contributed by atoms with Crippen molar-refractivity contribution < 1.29 is 9.90 Å². The molecular formula is C14H22N2O2. The number of rotatable bonds is 7. The first kappa shape index (κ1) is 14.7. The summed E-state index contributed by atoms with van der Waals surface area (Å²) >= 11 is 0. The molecule has 100 valence electrons. The second-order valence-electron chi connectivity index (χ2n) is 4.39.